The first kappa shape index (κ1) is 22.4. The third kappa shape index (κ3) is 6.61. The van der Waals surface area contributed by atoms with Gasteiger partial charge in [0.25, 0.3) is 0 Å². The van der Waals surface area contributed by atoms with Gasteiger partial charge in [-0.25, -0.2) is 4.79 Å². The molecule has 0 atom stereocenters. The van der Waals surface area contributed by atoms with Gasteiger partial charge in [0.1, 0.15) is 12.4 Å². The lowest BCUT2D eigenvalue weighted by molar-refractivity contribution is 0.0322. The van der Waals surface area contributed by atoms with Crippen LogP contribution >= 0.6 is 0 Å². The van der Waals surface area contributed by atoms with Crippen LogP contribution in [0.3, 0.4) is 0 Å². The maximum Gasteiger partial charge on any atom is 0.319 e. The number of amides is 2. The van der Waals surface area contributed by atoms with E-state index in [-0.39, 0.29) is 6.03 Å². The van der Waals surface area contributed by atoms with E-state index in [1.807, 2.05) is 42.5 Å². The van der Waals surface area contributed by atoms with Gasteiger partial charge < -0.3 is 25.0 Å². The topological polar surface area (TPSA) is 66.1 Å². The van der Waals surface area contributed by atoms with Crippen molar-refractivity contribution < 1.29 is 14.3 Å². The van der Waals surface area contributed by atoms with Crippen LogP contribution in [0, 0.1) is 0 Å². The monoisotopic (exact) mass is 438 g/mol. The van der Waals surface area contributed by atoms with Crippen LogP contribution < -0.4 is 20.3 Å². The zero-order valence-corrected chi connectivity index (χ0v) is 18.7. The number of urea groups is 1. The highest BCUT2D eigenvalue weighted by atomic mass is 16.5. The molecule has 0 saturated carbocycles. The predicted octanol–water partition coefficient (Wildman–Crippen LogP) is 3.71. The first-order chi connectivity index (χ1) is 15.8. The molecule has 172 valence electrons. The number of ether oxygens (including phenoxy) is 2. The van der Waals surface area contributed by atoms with Gasteiger partial charge in [-0.3, -0.25) is 4.90 Å². The number of nitrogens with zero attached hydrogens (tertiary/aromatic N) is 2. The summed E-state index contributed by atoms with van der Waals surface area (Å²) in [5.74, 6) is 0.827. The quantitative estimate of drug-likeness (QED) is 0.658. The Morgan fingerprint density at radius 3 is 2.62 bits per heavy atom. The number of nitrogens with one attached hydrogen (secondary N) is 2. The van der Waals surface area contributed by atoms with Crippen LogP contribution in [0.5, 0.6) is 5.75 Å². The van der Waals surface area contributed by atoms with E-state index < -0.39 is 0 Å². The summed E-state index contributed by atoms with van der Waals surface area (Å²) in [6.45, 7) is 7.58. The van der Waals surface area contributed by atoms with Gasteiger partial charge in [-0.2, -0.15) is 0 Å². The second-order valence-electron chi connectivity index (χ2n) is 8.32. The summed E-state index contributed by atoms with van der Waals surface area (Å²) in [5.41, 5.74) is 2.96. The fourth-order valence-corrected chi connectivity index (χ4v) is 4.20. The molecule has 2 fully saturated rings. The summed E-state index contributed by atoms with van der Waals surface area (Å²) in [7, 11) is 0. The minimum atomic E-state index is -0.201. The van der Waals surface area contributed by atoms with Gasteiger partial charge in [-0.1, -0.05) is 24.3 Å². The Morgan fingerprint density at radius 2 is 1.78 bits per heavy atom. The molecule has 2 heterocycles. The van der Waals surface area contributed by atoms with Crippen molar-refractivity contribution in [2.45, 2.75) is 25.8 Å². The number of carbonyl (C=O) groups is 1. The number of hydrogen-bond acceptors (Lipinski definition) is 5. The van der Waals surface area contributed by atoms with Crippen LogP contribution in [0.4, 0.5) is 16.2 Å². The number of hydrogen-bond donors (Lipinski definition) is 2. The first-order valence-electron chi connectivity index (χ1n) is 11.7. The van der Waals surface area contributed by atoms with Gasteiger partial charge in [0.15, 0.2) is 0 Å². The zero-order chi connectivity index (χ0) is 22.0. The van der Waals surface area contributed by atoms with Crippen molar-refractivity contribution in [3.8, 4) is 5.75 Å². The molecule has 7 nitrogen and oxygen atoms in total. The Bertz CT molecular complexity index is 864. The molecule has 4 rings (SSSR count). The molecule has 2 aromatic rings. The van der Waals surface area contributed by atoms with Crippen molar-refractivity contribution in [2.24, 2.45) is 0 Å². The minimum absolute atomic E-state index is 0.201. The van der Waals surface area contributed by atoms with Crippen LogP contribution in [-0.4, -0.2) is 63.5 Å². The zero-order valence-electron chi connectivity index (χ0n) is 18.7. The fourth-order valence-electron chi connectivity index (χ4n) is 4.20. The fraction of sp³-hybridized carbons (Fsp3) is 0.480. The van der Waals surface area contributed by atoms with Crippen LogP contribution in [0.15, 0.2) is 48.5 Å². The van der Waals surface area contributed by atoms with E-state index in [0.717, 1.165) is 68.6 Å². The summed E-state index contributed by atoms with van der Waals surface area (Å²) < 4.78 is 11.3. The number of para-hydroxylation sites is 2. The van der Waals surface area contributed by atoms with E-state index in [1.165, 1.54) is 19.3 Å². The number of anilines is 2. The molecule has 2 aromatic carbocycles. The molecule has 0 bridgehead atoms. The summed E-state index contributed by atoms with van der Waals surface area (Å²) >= 11 is 0. The van der Waals surface area contributed by atoms with E-state index in [0.29, 0.717) is 13.2 Å². The Labute approximate surface area is 190 Å². The number of rotatable bonds is 8. The van der Waals surface area contributed by atoms with E-state index in [2.05, 4.69) is 26.5 Å². The second-order valence-corrected chi connectivity index (χ2v) is 8.32. The highest BCUT2D eigenvalue weighted by molar-refractivity contribution is 5.93. The predicted molar refractivity (Wildman–Crippen MR) is 128 cm³/mol. The van der Waals surface area contributed by atoms with Crippen molar-refractivity contribution in [3.05, 3.63) is 54.1 Å². The van der Waals surface area contributed by atoms with Gasteiger partial charge in [-0.05, 0) is 49.1 Å². The van der Waals surface area contributed by atoms with E-state index in [1.54, 1.807) is 0 Å². The molecule has 0 unspecified atom stereocenters. The standard InChI is InChI=1S/C25H34N4O3/c30-25(27-23-9-2-3-10-24(23)29-11-4-1-5-12-29)26-20-21-7-6-8-22(19-21)32-18-15-28-13-16-31-17-14-28/h2-3,6-10,19H,1,4-5,11-18,20H2,(H2,26,27,30). The van der Waals surface area contributed by atoms with Crippen molar-refractivity contribution >= 4 is 17.4 Å². The average molecular weight is 439 g/mol. The molecule has 0 aliphatic carbocycles. The second kappa shape index (κ2) is 11.7. The highest BCUT2D eigenvalue weighted by Gasteiger charge is 2.15. The lowest BCUT2D eigenvalue weighted by Gasteiger charge is -2.30. The largest absolute Gasteiger partial charge is 0.492 e. The van der Waals surface area contributed by atoms with Crippen molar-refractivity contribution in [1.82, 2.24) is 10.2 Å². The van der Waals surface area contributed by atoms with Crippen LogP contribution in [0.1, 0.15) is 24.8 Å². The average Bonchev–Trinajstić information content (AvgIpc) is 2.85. The molecular formula is C25H34N4O3. The van der Waals surface area contributed by atoms with Gasteiger partial charge in [0.2, 0.25) is 0 Å². The molecule has 2 aliphatic rings. The number of benzene rings is 2. The SMILES string of the molecule is O=C(NCc1cccc(OCCN2CCOCC2)c1)Nc1ccccc1N1CCCCC1. The maximum atomic E-state index is 12.6. The Hall–Kier alpha value is -2.77. The minimum Gasteiger partial charge on any atom is -0.492 e. The molecular weight excluding hydrogens is 404 g/mol. The lowest BCUT2D eigenvalue weighted by atomic mass is 10.1. The molecule has 2 amide bonds. The van der Waals surface area contributed by atoms with Gasteiger partial charge >= 0.3 is 6.03 Å². The van der Waals surface area contributed by atoms with Crippen LogP contribution in [0.2, 0.25) is 0 Å². The molecule has 7 heteroatoms. The normalized spacial score (nSPS) is 17.1. The van der Waals surface area contributed by atoms with Gasteiger partial charge in [0.05, 0.1) is 24.6 Å². The molecule has 0 spiro atoms. The first-order valence-corrected chi connectivity index (χ1v) is 11.7. The molecule has 2 aliphatic heterocycles. The Balaban J connectivity index is 1.25. The van der Waals surface area contributed by atoms with Crippen LogP contribution in [0.25, 0.3) is 0 Å². The number of piperidine rings is 1. The molecule has 0 aromatic heterocycles. The Kier molecular flexibility index (Phi) is 8.23. The number of morpholine rings is 1. The van der Waals surface area contributed by atoms with E-state index in [9.17, 15) is 4.79 Å². The summed E-state index contributed by atoms with van der Waals surface area (Å²) in [4.78, 5) is 17.3. The molecule has 32 heavy (non-hydrogen) atoms. The van der Waals surface area contributed by atoms with Crippen molar-refractivity contribution in [1.29, 1.82) is 0 Å². The van der Waals surface area contributed by atoms with E-state index >= 15 is 0 Å². The van der Waals surface area contributed by atoms with Crippen molar-refractivity contribution in [3.63, 3.8) is 0 Å². The Morgan fingerprint density at radius 1 is 0.969 bits per heavy atom. The lowest BCUT2D eigenvalue weighted by Crippen LogP contribution is -2.38. The van der Waals surface area contributed by atoms with Crippen LogP contribution in [-0.2, 0) is 11.3 Å². The summed E-state index contributed by atoms with van der Waals surface area (Å²) in [5, 5.41) is 5.99. The van der Waals surface area contributed by atoms with E-state index in [4.69, 9.17) is 9.47 Å². The third-order valence-electron chi connectivity index (χ3n) is 5.98. The number of carbonyl (C=O) groups excluding carboxylic acids is 1. The third-order valence-corrected chi connectivity index (χ3v) is 5.98. The summed E-state index contributed by atoms with van der Waals surface area (Å²) in [6, 6.07) is 15.7. The van der Waals surface area contributed by atoms with Crippen molar-refractivity contribution in [2.75, 3.05) is 62.8 Å². The smallest absolute Gasteiger partial charge is 0.319 e. The maximum absolute atomic E-state index is 12.6. The van der Waals surface area contributed by atoms with Gasteiger partial charge in [-0.15, -0.1) is 0 Å². The molecule has 0 radical (unpaired) electrons. The molecule has 2 saturated heterocycles. The summed E-state index contributed by atoms with van der Waals surface area (Å²) in [6.07, 6.45) is 3.68. The highest BCUT2D eigenvalue weighted by Crippen LogP contribution is 2.28. The van der Waals surface area contributed by atoms with Gasteiger partial charge in [0, 0.05) is 39.3 Å². The molecule has 2 N–H and O–H groups in total.